The molecule has 4 heteroatoms. The van der Waals surface area contributed by atoms with Crippen molar-refractivity contribution in [1.82, 2.24) is 19.1 Å². The second-order valence-electron chi connectivity index (χ2n) is 17.9. The Morgan fingerprint density at radius 2 is 0.754 bits per heavy atom. The molecule has 0 spiro atoms. The summed E-state index contributed by atoms with van der Waals surface area (Å²) < 4.78 is 4.61. The molecule has 306 valence electrons. The Morgan fingerprint density at radius 1 is 0.323 bits per heavy atom. The highest BCUT2D eigenvalue weighted by Crippen LogP contribution is 2.51. The molecule has 13 rings (SSSR count). The number of fused-ring (bicyclic) bond motifs is 9. The molecule has 0 unspecified atom stereocenters. The van der Waals surface area contributed by atoms with Gasteiger partial charge in [0.05, 0.1) is 22.1 Å². The van der Waals surface area contributed by atoms with Gasteiger partial charge in [-0.1, -0.05) is 147 Å². The molecule has 0 atom stereocenters. The van der Waals surface area contributed by atoms with Gasteiger partial charge in [-0.25, -0.2) is 9.97 Å². The molecule has 3 aromatic heterocycles. The Balaban J connectivity index is 0.927. The second-order valence-corrected chi connectivity index (χ2v) is 17.9. The Morgan fingerprint density at radius 3 is 1.29 bits per heavy atom. The fraction of sp³-hybridized carbons (Fsp3) is 0.0492. The van der Waals surface area contributed by atoms with E-state index in [-0.39, 0.29) is 5.41 Å². The van der Waals surface area contributed by atoms with Gasteiger partial charge < -0.3 is 4.57 Å². The van der Waals surface area contributed by atoms with Crippen molar-refractivity contribution in [2.75, 3.05) is 0 Å². The van der Waals surface area contributed by atoms with E-state index in [0.717, 1.165) is 16.7 Å². The molecule has 1 aliphatic rings. The van der Waals surface area contributed by atoms with Gasteiger partial charge in [-0.15, -0.1) is 0 Å². The molecular formula is C61H42N4. The first kappa shape index (κ1) is 37.2. The van der Waals surface area contributed by atoms with Crippen LogP contribution in [0.15, 0.2) is 219 Å². The van der Waals surface area contributed by atoms with Crippen molar-refractivity contribution in [2.45, 2.75) is 19.3 Å². The first-order valence-corrected chi connectivity index (χ1v) is 22.4. The summed E-state index contributed by atoms with van der Waals surface area (Å²) >= 11 is 0. The highest BCUT2D eigenvalue weighted by atomic mass is 15.1. The number of rotatable bonds is 6. The molecule has 3 heterocycles. The molecule has 0 radical (unpaired) electrons. The third-order valence-corrected chi connectivity index (χ3v) is 13.8. The molecule has 0 N–H and O–H groups in total. The van der Waals surface area contributed by atoms with Crippen molar-refractivity contribution in [1.29, 1.82) is 0 Å². The summed E-state index contributed by atoms with van der Waals surface area (Å²) in [7, 11) is 0. The predicted octanol–water partition coefficient (Wildman–Crippen LogP) is 15.6. The molecule has 4 nitrogen and oxygen atoms in total. The van der Waals surface area contributed by atoms with Crippen LogP contribution in [0.25, 0.3) is 111 Å². The molecule has 0 aliphatic heterocycles. The Labute approximate surface area is 377 Å². The van der Waals surface area contributed by atoms with Crippen LogP contribution in [-0.4, -0.2) is 19.1 Å². The van der Waals surface area contributed by atoms with E-state index in [1.165, 1.54) is 99.3 Å². The van der Waals surface area contributed by atoms with Crippen molar-refractivity contribution in [3.8, 4) is 67.3 Å². The maximum absolute atomic E-state index is 4.62. The van der Waals surface area contributed by atoms with Crippen molar-refractivity contribution >= 4 is 43.6 Å². The molecule has 0 saturated carbocycles. The lowest BCUT2D eigenvalue weighted by Gasteiger charge is -2.21. The van der Waals surface area contributed by atoms with Crippen molar-refractivity contribution in [2.24, 2.45) is 0 Å². The summed E-state index contributed by atoms with van der Waals surface area (Å²) in [4.78, 5) is 9.24. The predicted molar refractivity (Wildman–Crippen MR) is 270 cm³/mol. The van der Waals surface area contributed by atoms with E-state index in [2.05, 4.69) is 233 Å². The number of para-hydroxylation sites is 2. The molecule has 0 fully saturated rings. The van der Waals surface area contributed by atoms with Gasteiger partial charge in [0.1, 0.15) is 0 Å². The van der Waals surface area contributed by atoms with Crippen LogP contribution in [0.3, 0.4) is 0 Å². The van der Waals surface area contributed by atoms with E-state index in [4.69, 9.17) is 0 Å². The van der Waals surface area contributed by atoms with E-state index in [9.17, 15) is 0 Å². The minimum absolute atomic E-state index is 0.126. The Kier molecular flexibility index (Phi) is 8.22. The molecule has 65 heavy (non-hydrogen) atoms. The zero-order valence-corrected chi connectivity index (χ0v) is 36.1. The van der Waals surface area contributed by atoms with Crippen LogP contribution in [0.5, 0.6) is 0 Å². The number of benzene rings is 9. The van der Waals surface area contributed by atoms with Crippen molar-refractivity contribution < 1.29 is 0 Å². The Hall–Kier alpha value is -8.34. The third-order valence-electron chi connectivity index (χ3n) is 13.8. The van der Waals surface area contributed by atoms with Crippen LogP contribution >= 0.6 is 0 Å². The number of hydrogen-bond donors (Lipinski definition) is 0. The molecule has 0 amide bonds. The molecule has 0 bridgehead atoms. The van der Waals surface area contributed by atoms with Crippen LogP contribution in [0.1, 0.15) is 25.0 Å². The van der Waals surface area contributed by atoms with Crippen molar-refractivity contribution in [3.63, 3.8) is 0 Å². The molecule has 9 aromatic carbocycles. The third kappa shape index (κ3) is 5.84. The van der Waals surface area contributed by atoms with Gasteiger partial charge in [-0.05, 0) is 140 Å². The Bertz CT molecular complexity index is 3780. The van der Waals surface area contributed by atoms with Gasteiger partial charge in [-0.3, -0.25) is 4.57 Å². The quantitative estimate of drug-likeness (QED) is 0.167. The standard InChI is InChI=1S/C61H42N4/c1-61(2)54-26-22-41(35-50(54)51-36-42(23-27-55(51)61)44-25-29-59-53(38-44)49-19-10-12-21-57(49)65(59)60-62-30-13-31-63-60)43-24-28-58-52(37-43)48-18-9-11-20-56(48)64(58)47-33-45(39-14-5-3-6-15-39)32-46(34-47)40-16-7-4-8-17-40/h3-38H,1-2H3. The highest BCUT2D eigenvalue weighted by Gasteiger charge is 2.36. The van der Waals surface area contributed by atoms with E-state index < -0.39 is 0 Å². The summed E-state index contributed by atoms with van der Waals surface area (Å²) in [6, 6.07) is 75.7. The normalized spacial score (nSPS) is 12.9. The number of hydrogen-bond acceptors (Lipinski definition) is 2. The van der Waals surface area contributed by atoms with Gasteiger partial charge in [0.25, 0.3) is 0 Å². The smallest absolute Gasteiger partial charge is 0.234 e. The zero-order valence-electron chi connectivity index (χ0n) is 36.1. The summed E-state index contributed by atoms with van der Waals surface area (Å²) in [5.41, 5.74) is 20.5. The van der Waals surface area contributed by atoms with Crippen LogP contribution in [0, 0.1) is 0 Å². The summed E-state index contributed by atoms with van der Waals surface area (Å²) in [5, 5.41) is 4.85. The van der Waals surface area contributed by atoms with Crippen LogP contribution < -0.4 is 0 Å². The van der Waals surface area contributed by atoms with Gasteiger partial charge in [0, 0.05) is 45.0 Å². The summed E-state index contributed by atoms with van der Waals surface area (Å²) in [5.74, 6) is 0.676. The van der Waals surface area contributed by atoms with E-state index in [0.29, 0.717) is 5.95 Å². The molecule has 12 aromatic rings. The average Bonchev–Trinajstić information content (AvgIpc) is 3.96. The van der Waals surface area contributed by atoms with Gasteiger partial charge >= 0.3 is 0 Å². The summed E-state index contributed by atoms with van der Waals surface area (Å²) in [6.07, 6.45) is 3.61. The highest BCUT2D eigenvalue weighted by molar-refractivity contribution is 6.12. The zero-order chi connectivity index (χ0) is 43.2. The van der Waals surface area contributed by atoms with Crippen molar-refractivity contribution in [3.05, 3.63) is 230 Å². The van der Waals surface area contributed by atoms with E-state index in [1.807, 2.05) is 6.07 Å². The maximum atomic E-state index is 4.62. The molecular weight excluding hydrogens is 789 g/mol. The monoisotopic (exact) mass is 830 g/mol. The van der Waals surface area contributed by atoms with Gasteiger partial charge in [-0.2, -0.15) is 0 Å². The van der Waals surface area contributed by atoms with Crippen LogP contribution in [-0.2, 0) is 5.41 Å². The SMILES string of the molecule is CC1(C)c2ccc(-c3ccc4c(c3)c3ccccc3n4-c3cc(-c4ccccc4)cc(-c4ccccc4)c3)cc2-c2cc(-c3ccc4c(c3)c3ccccc3n4-c3ncccn3)ccc21. The van der Waals surface area contributed by atoms with Crippen LogP contribution in [0.4, 0.5) is 0 Å². The second kappa shape index (κ2) is 14.3. The van der Waals surface area contributed by atoms with Gasteiger partial charge in [0.15, 0.2) is 0 Å². The largest absolute Gasteiger partial charge is 0.309 e. The van der Waals surface area contributed by atoms with E-state index in [1.54, 1.807) is 12.4 Å². The first-order valence-electron chi connectivity index (χ1n) is 22.4. The fourth-order valence-electron chi connectivity index (χ4n) is 10.7. The summed E-state index contributed by atoms with van der Waals surface area (Å²) in [6.45, 7) is 4.72. The topological polar surface area (TPSA) is 35.6 Å². The van der Waals surface area contributed by atoms with Gasteiger partial charge in [0.2, 0.25) is 5.95 Å². The fourth-order valence-corrected chi connectivity index (χ4v) is 10.7. The van der Waals surface area contributed by atoms with Crippen LogP contribution in [0.2, 0.25) is 0 Å². The van der Waals surface area contributed by atoms with E-state index >= 15 is 0 Å². The number of aromatic nitrogens is 4. The molecule has 1 aliphatic carbocycles. The lowest BCUT2D eigenvalue weighted by Crippen LogP contribution is -2.14. The minimum atomic E-state index is -0.126. The first-order chi connectivity index (χ1) is 32.0. The lowest BCUT2D eigenvalue weighted by molar-refractivity contribution is 0.660. The molecule has 0 saturated heterocycles. The minimum Gasteiger partial charge on any atom is -0.309 e. The average molecular weight is 831 g/mol. The maximum Gasteiger partial charge on any atom is 0.234 e. The number of nitrogens with zero attached hydrogens (tertiary/aromatic N) is 4. The lowest BCUT2D eigenvalue weighted by atomic mass is 9.82.